The predicted octanol–water partition coefficient (Wildman–Crippen LogP) is 5.89. The maximum absolute atomic E-state index is 6.06. The van der Waals surface area contributed by atoms with Crippen molar-refractivity contribution in [1.29, 1.82) is 0 Å². The van der Waals surface area contributed by atoms with E-state index in [9.17, 15) is 0 Å². The second kappa shape index (κ2) is 11.6. The van der Waals surface area contributed by atoms with E-state index in [4.69, 9.17) is 11.6 Å². The summed E-state index contributed by atoms with van der Waals surface area (Å²) in [4.78, 5) is 13.5. The Balaban J connectivity index is 1.47. The molecule has 0 aliphatic heterocycles. The standard InChI is InChI=1S/C23H31ClN6/c1-3-4-5-6-7-11-28-23-29-17(2)15-22(30-23)27-14-13-26-20-10-12-25-21-16-18(24)8-9-19(20)21/h8-10,12,15-16H,3-7,11,13-14H2,1-2H3,(H,25,26)(H2,27,28,29,30). The Morgan fingerprint density at radius 2 is 1.70 bits per heavy atom. The average Bonchev–Trinajstić information content (AvgIpc) is 2.73. The summed E-state index contributed by atoms with van der Waals surface area (Å²) in [6.07, 6.45) is 8.07. The number of halogens is 1. The van der Waals surface area contributed by atoms with Gasteiger partial charge in [0, 0.05) is 53.7 Å². The molecule has 3 rings (SSSR count). The number of hydrogen-bond acceptors (Lipinski definition) is 6. The first-order valence-corrected chi connectivity index (χ1v) is 11.1. The summed E-state index contributed by atoms with van der Waals surface area (Å²) in [6, 6.07) is 9.71. The molecule has 0 aliphatic rings. The number of fused-ring (bicyclic) bond motifs is 1. The number of pyridine rings is 1. The summed E-state index contributed by atoms with van der Waals surface area (Å²) in [5.41, 5.74) is 2.88. The lowest BCUT2D eigenvalue weighted by Crippen LogP contribution is -2.15. The van der Waals surface area contributed by atoms with Crippen molar-refractivity contribution >= 4 is 40.0 Å². The van der Waals surface area contributed by atoms with Crippen LogP contribution in [-0.2, 0) is 0 Å². The van der Waals surface area contributed by atoms with Crippen LogP contribution in [0.4, 0.5) is 17.5 Å². The lowest BCUT2D eigenvalue weighted by atomic mass is 10.1. The number of rotatable bonds is 12. The molecular weight excluding hydrogens is 396 g/mol. The van der Waals surface area contributed by atoms with Crippen molar-refractivity contribution in [2.75, 3.05) is 35.6 Å². The van der Waals surface area contributed by atoms with Crippen molar-refractivity contribution in [2.45, 2.75) is 46.0 Å². The van der Waals surface area contributed by atoms with Gasteiger partial charge >= 0.3 is 0 Å². The molecule has 1 aromatic carbocycles. The second-order valence-electron chi connectivity index (χ2n) is 7.43. The fourth-order valence-electron chi connectivity index (χ4n) is 3.33. The highest BCUT2D eigenvalue weighted by molar-refractivity contribution is 6.31. The molecule has 3 N–H and O–H groups in total. The Hall–Kier alpha value is -2.60. The molecule has 0 saturated carbocycles. The minimum absolute atomic E-state index is 0.693. The third kappa shape index (κ3) is 6.73. The number of benzene rings is 1. The number of hydrogen-bond donors (Lipinski definition) is 3. The zero-order valence-corrected chi connectivity index (χ0v) is 18.6. The molecule has 0 aliphatic carbocycles. The van der Waals surface area contributed by atoms with Crippen LogP contribution in [0.3, 0.4) is 0 Å². The summed E-state index contributed by atoms with van der Waals surface area (Å²) in [7, 11) is 0. The van der Waals surface area contributed by atoms with Gasteiger partial charge in [-0.05, 0) is 37.6 Å². The van der Waals surface area contributed by atoms with Gasteiger partial charge in [0.1, 0.15) is 5.82 Å². The Morgan fingerprint density at radius 3 is 2.57 bits per heavy atom. The Labute approximate surface area is 183 Å². The van der Waals surface area contributed by atoms with Gasteiger partial charge < -0.3 is 16.0 Å². The number of aromatic nitrogens is 3. The Kier molecular flexibility index (Phi) is 8.51. The molecule has 7 heteroatoms. The van der Waals surface area contributed by atoms with E-state index < -0.39 is 0 Å². The number of unbranched alkanes of at least 4 members (excludes halogenated alkanes) is 4. The van der Waals surface area contributed by atoms with Crippen LogP contribution in [0.1, 0.15) is 44.7 Å². The van der Waals surface area contributed by atoms with Crippen LogP contribution in [0.5, 0.6) is 0 Å². The summed E-state index contributed by atoms with van der Waals surface area (Å²) < 4.78 is 0. The van der Waals surface area contributed by atoms with Crippen LogP contribution in [0.2, 0.25) is 5.02 Å². The van der Waals surface area contributed by atoms with Gasteiger partial charge in [-0.1, -0.05) is 44.2 Å². The first-order chi connectivity index (χ1) is 14.7. The van der Waals surface area contributed by atoms with Gasteiger partial charge in [0.05, 0.1) is 5.52 Å². The van der Waals surface area contributed by atoms with Crippen molar-refractivity contribution in [1.82, 2.24) is 15.0 Å². The van der Waals surface area contributed by atoms with Gasteiger partial charge in [0.25, 0.3) is 0 Å². The molecule has 0 unspecified atom stereocenters. The maximum atomic E-state index is 6.06. The van der Waals surface area contributed by atoms with E-state index in [-0.39, 0.29) is 0 Å². The Morgan fingerprint density at radius 1 is 0.867 bits per heavy atom. The summed E-state index contributed by atoms with van der Waals surface area (Å²) in [6.45, 7) is 6.63. The van der Waals surface area contributed by atoms with Crippen LogP contribution in [0, 0.1) is 6.92 Å². The van der Waals surface area contributed by atoms with Crippen molar-refractivity contribution in [3.8, 4) is 0 Å². The summed E-state index contributed by atoms with van der Waals surface area (Å²) in [5, 5.41) is 11.9. The molecule has 30 heavy (non-hydrogen) atoms. The van der Waals surface area contributed by atoms with Gasteiger partial charge in [-0.25, -0.2) is 4.98 Å². The molecule has 2 heterocycles. The molecule has 0 spiro atoms. The van der Waals surface area contributed by atoms with Crippen LogP contribution in [0.25, 0.3) is 10.9 Å². The number of aryl methyl sites for hydroxylation is 1. The lowest BCUT2D eigenvalue weighted by molar-refractivity contribution is 0.644. The van der Waals surface area contributed by atoms with E-state index in [1.807, 2.05) is 37.3 Å². The maximum Gasteiger partial charge on any atom is 0.224 e. The quantitative estimate of drug-likeness (QED) is 0.313. The highest BCUT2D eigenvalue weighted by Gasteiger charge is 2.04. The topological polar surface area (TPSA) is 74.8 Å². The van der Waals surface area contributed by atoms with Crippen LogP contribution >= 0.6 is 11.6 Å². The molecule has 0 saturated heterocycles. The SMILES string of the molecule is CCCCCCCNc1nc(C)cc(NCCNc2ccnc3cc(Cl)ccc23)n1. The first-order valence-electron chi connectivity index (χ1n) is 10.8. The van der Waals surface area contributed by atoms with Gasteiger partial charge in [0.2, 0.25) is 5.95 Å². The van der Waals surface area contributed by atoms with Gasteiger partial charge in [-0.15, -0.1) is 0 Å². The third-order valence-corrected chi connectivity index (χ3v) is 5.10. The highest BCUT2D eigenvalue weighted by Crippen LogP contribution is 2.24. The highest BCUT2D eigenvalue weighted by atomic mass is 35.5. The fraction of sp³-hybridized carbons (Fsp3) is 0.435. The van der Waals surface area contributed by atoms with E-state index in [0.717, 1.165) is 54.2 Å². The second-order valence-corrected chi connectivity index (χ2v) is 7.87. The molecule has 0 amide bonds. The van der Waals surface area contributed by atoms with Crippen molar-refractivity contribution in [3.05, 3.63) is 47.2 Å². The Bertz CT molecular complexity index is 946. The van der Waals surface area contributed by atoms with Crippen LogP contribution < -0.4 is 16.0 Å². The lowest BCUT2D eigenvalue weighted by Gasteiger charge is -2.12. The van der Waals surface area contributed by atoms with Crippen molar-refractivity contribution in [2.24, 2.45) is 0 Å². The minimum atomic E-state index is 0.693. The van der Waals surface area contributed by atoms with E-state index in [1.54, 1.807) is 6.20 Å². The van der Waals surface area contributed by atoms with Crippen molar-refractivity contribution < 1.29 is 0 Å². The molecule has 0 fully saturated rings. The zero-order valence-electron chi connectivity index (χ0n) is 17.8. The molecule has 6 nitrogen and oxygen atoms in total. The van der Waals surface area contributed by atoms with Gasteiger partial charge in [-0.2, -0.15) is 4.98 Å². The van der Waals surface area contributed by atoms with E-state index in [1.165, 1.54) is 25.7 Å². The van der Waals surface area contributed by atoms with E-state index >= 15 is 0 Å². The zero-order chi connectivity index (χ0) is 21.2. The smallest absolute Gasteiger partial charge is 0.224 e. The largest absolute Gasteiger partial charge is 0.383 e. The first kappa shape index (κ1) is 22.1. The minimum Gasteiger partial charge on any atom is -0.383 e. The van der Waals surface area contributed by atoms with E-state index in [2.05, 4.69) is 37.8 Å². The number of nitrogens with one attached hydrogen (secondary N) is 3. The molecular formula is C23H31ClN6. The molecule has 2 aromatic heterocycles. The molecule has 0 bridgehead atoms. The normalized spacial score (nSPS) is 10.9. The fourth-order valence-corrected chi connectivity index (χ4v) is 3.50. The molecule has 3 aromatic rings. The third-order valence-electron chi connectivity index (χ3n) is 4.87. The van der Waals surface area contributed by atoms with Crippen LogP contribution in [0.15, 0.2) is 36.5 Å². The van der Waals surface area contributed by atoms with Gasteiger partial charge in [-0.3, -0.25) is 4.98 Å². The van der Waals surface area contributed by atoms with Crippen LogP contribution in [-0.4, -0.2) is 34.6 Å². The molecule has 160 valence electrons. The monoisotopic (exact) mass is 426 g/mol. The van der Waals surface area contributed by atoms with Crippen molar-refractivity contribution in [3.63, 3.8) is 0 Å². The molecule has 0 radical (unpaired) electrons. The molecule has 0 atom stereocenters. The van der Waals surface area contributed by atoms with E-state index in [0.29, 0.717) is 11.0 Å². The summed E-state index contributed by atoms with van der Waals surface area (Å²) >= 11 is 6.06. The average molecular weight is 427 g/mol. The number of anilines is 3. The predicted molar refractivity (Wildman–Crippen MR) is 128 cm³/mol. The summed E-state index contributed by atoms with van der Waals surface area (Å²) in [5.74, 6) is 1.53. The van der Waals surface area contributed by atoms with Gasteiger partial charge in [0.15, 0.2) is 0 Å². The number of nitrogens with zero attached hydrogens (tertiary/aromatic N) is 3.